The predicted molar refractivity (Wildman–Crippen MR) is 147 cm³/mol. The third-order valence-corrected chi connectivity index (χ3v) is 8.15. The molecule has 0 radical (unpaired) electrons. The molecule has 2 aliphatic rings. The molecule has 202 valence electrons. The van der Waals surface area contributed by atoms with Crippen LogP contribution in [-0.4, -0.2) is 40.6 Å². The van der Waals surface area contributed by atoms with E-state index in [-0.39, 0.29) is 34.0 Å². The molecular weight excluding hydrogens is 517 g/mol. The molecule has 9 heteroatoms. The third kappa shape index (κ3) is 9.60. The quantitative estimate of drug-likeness (QED) is 0.163. The molecule has 37 heavy (non-hydrogen) atoms. The topological polar surface area (TPSA) is 49.4 Å². The zero-order valence-electron chi connectivity index (χ0n) is 21.4. The van der Waals surface area contributed by atoms with Gasteiger partial charge in [0.25, 0.3) is 0 Å². The Hall–Kier alpha value is -2.13. The van der Waals surface area contributed by atoms with Gasteiger partial charge in [0.05, 0.1) is 5.25 Å². The maximum atomic E-state index is 13.4. The lowest BCUT2D eigenvalue weighted by Gasteiger charge is -2.29. The van der Waals surface area contributed by atoms with Gasteiger partial charge in [0.1, 0.15) is 6.29 Å². The first-order valence-electron chi connectivity index (χ1n) is 12.8. The Balaban J connectivity index is 1.68. The lowest BCUT2D eigenvalue weighted by atomic mass is 10.1. The largest absolute Gasteiger partial charge is 0.446 e. The van der Waals surface area contributed by atoms with Crippen molar-refractivity contribution in [2.24, 2.45) is 0 Å². The summed E-state index contributed by atoms with van der Waals surface area (Å²) in [6.07, 6.45) is 14.3. The van der Waals surface area contributed by atoms with Crippen LogP contribution in [0.2, 0.25) is 0 Å². The first-order chi connectivity index (χ1) is 17.7. The summed E-state index contributed by atoms with van der Waals surface area (Å²) in [6.45, 7) is 4.66. The molecule has 0 fully saturated rings. The van der Waals surface area contributed by atoms with E-state index in [1.54, 1.807) is 6.08 Å². The number of aldehydes is 1. The van der Waals surface area contributed by atoms with Crippen LogP contribution in [-0.2, 0) is 17.6 Å². The van der Waals surface area contributed by atoms with Crippen LogP contribution in [0.25, 0.3) is 0 Å². The van der Waals surface area contributed by atoms with Gasteiger partial charge in [-0.2, -0.15) is 13.2 Å². The number of alkyl halides is 3. The van der Waals surface area contributed by atoms with Crippen LogP contribution in [0.15, 0.2) is 58.0 Å². The molecule has 0 saturated carbocycles. The number of carbonyl (C=O) groups is 2. The minimum absolute atomic E-state index is 0.00903. The molecule has 4 nitrogen and oxygen atoms in total. The fourth-order valence-corrected chi connectivity index (χ4v) is 5.98. The van der Waals surface area contributed by atoms with Crippen molar-refractivity contribution in [3.05, 3.63) is 64.2 Å². The highest BCUT2D eigenvalue weighted by molar-refractivity contribution is 8.04. The van der Waals surface area contributed by atoms with E-state index < -0.39 is 5.51 Å². The van der Waals surface area contributed by atoms with Gasteiger partial charge >= 0.3 is 11.5 Å². The van der Waals surface area contributed by atoms with Crippen molar-refractivity contribution < 1.29 is 22.8 Å². The van der Waals surface area contributed by atoms with Gasteiger partial charge in [-0.3, -0.25) is 0 Å². The fraction of sp³-hybridized carbons (Fsp3) is 0.500. The van der Waals surface area contributed by atoms with Crippen molar-refractivity contribution in [2.75, 3.05) is 6.54 Å². The number of nitrogens with one attached hydrogen (secondary N) is 1. The highest BCUT2D eigenvalue weighted by Crippen LogP contribution is 2.38. The van der Waals surface area contributed by atoms with Crippen LogP contribution >= 0.6 is 23.5 Å². The molecule has 2 atom stereocenters. The summed E-state index contributed by atoms with van der Waals surface area (Å²) in [5, 5.41) is 2.82. The number of hydrogen-bond donors (Lipinski definition) is 1. The van der Waals surface area contributed by atoms with Crippen molar-refractivity contribution in [2.45, 2.75) is 86.9 Å². The van der Waals surface area contributed by atoms with E-state index in [2.05, 4.69) is 24.4 Å². The first-order valence-corrected chi connectivity index (χ1v) is 14.5. The van der Waals surface area contributed by atoms with Gasteiger partial charge < -0.3 is 15.0 Å². The van der Waals surface area contributed by atoms with E-state index >= 15 is 0 Å². The molecule has 2 aliphatic carbocycles. The Bertz CT molecular complexity index is 1040. The number of allylic oxidation sites excluding steroid dienone is 4. The zero-order valence-corrected chi connectivity index (χ0v) is 23.0. The van der Waals surface area contributed by atoms with Crippen LogP contribution in [0.1, 0.15) is 63.5 Å². The summed E-state index contributed by atoms with van der Waals surface area (Å²) in [7, 11) is 0. The molecule has 0 aliphatic heterocycles. The molecule has 0 spiro atoms. The van der Waals surface area contributed by atoms with Crippen molar-refractivity contribution in [1.29, 1.82) is 0 Å². The van der Waals surface area contributed by atoms with Gasteiger partial charge in [-0.15, -0.1) is 11.8 Å². The standard InChI is InChI=1S/C28H35F3N2O2S2/c1-3-4-5-6-7-15-33(24-16-21-11-13-26(18-22(21)17-24)36-20(2)19-34)27(35)32-23-9-8-10-25(14-12-23)37-28(29,30)31/h9-14,18-20,24H,3-8,15-17H2,1-2H3,(H,32,35). The molecule has 2 unspecified atom stereocenters. The number of carbonyl (C=O) groups excluding carboxylic acids is 2. The van der Waals surface area contributed by atoms with Crippen molar-refractivity contribution in [1.82, 2.24) is 10.2 Å². The number of rotatable bonds is 12. The van der Waals surface area contributed by atoms with Crippen LogP contribution in [0.4, 0.5) is 18.0 Å². The summed E-state index contributed by atoms with van der Waals surface area (Å²) in [4.78, 5) is 27.5. The average Bonchev–Trinajstić information content (AvgIpc) is 3.14. The molecular formula is C28H35F3N2O2S2. The van der Waals surface area contributed by atoms with Crippen molar-refractivity contribution >= 4 is 35.8 Å². The minimum atomic E-state index is -4.35. The van der Waals surface area contributed by atoms with Crippen LogP contribution in [0.5, 0.6) is 0 Å². The summed E-state index contributed by atoms with van der Waals surface area (Å²) in [5.41, 5.74) is -1.43. The Morgan fingerprint density at radius 2 is 1.89 bits per heavy atom. The minimum Gasteiger partial charge on any atom is -0.321 e. The van der Waals surface area contributed by atoms with Gasteiger partial charge in [0.15, 0.2) is 0 Å². The predicted octanol–water partition coefficient (Wildman–Crippen LogP) is 7.80. The number of unbranched alkanes of at least 4 members (excludes halogenated alkanes) is 4. The molecule has 1 aromatic carbocycles. The number of amides is 2. The van der Waals surface area contributed by atoms with E-state index in [0.717, 1.165) is 49.7 Å². The maximum Gasteiger partial charge on any atom is 0.446 e. The number of nitrogens with zero attached hydrogens (tertiary/aromatic N) is 1. The van der Waals surface area contributed by atoms with Crippen LogP contribution in [0, 0.1) is 0 Å². The summed E-state index contributed by atoms with van der Waals surface area (Å²) < 4.78 is 38.3. The number of fused-ring (bicyclic) bond motifs is 1. The normalized spacial score (nSPS) is 17.9. The second-order valence-electron chi connectivity index (χ2n) is 9.37. The van der Waals surface area contributed by atoms with E-state index in [9.17, 15) is 22.8 Å². The Morgan fingerprint density at radius 3 is 2.62 bits per heavy atom. The molecule has 3 rings (SSSR count). The van der Waals surface area contributed by atoms with E-state index in [1.807, 2.05) is 17.9 Å². The first kappa shape index (κ1) is 29.4. The molecule has 0 saturated heterocycles. The smallest absolute Gasteiger partial charge is 0.321 e. The molecule has 1 N–H and O–H groups in total. The summed E-state index contributed by atoms with van der Waals surface area (Å²) in [6, 6.07) is 6.04. The number of benzene rings is 1. The molecule has 0 bridgehead atoms. The second kappa shape index (κ2) is 14.1. The van der Waals surface area contributed by atoms with Gasteiger partial charge in [-0.05, 0) is 79.8 Å². The highest BCUT2D eigenvalue weighted by atomic mass is 32.2. The van der Waals surface area contributed by atoms with Crippen LogP contribution in [0.3, 0.4) is 0 Å². The number of halogens is 3. The summed E-state index contributed by atoms with van der Waals surface area (Å²) >= 11 is 1.37. The number of urea groups is 1. The molecule has 0 aromatic heterocycles. The second-order valence-corrected chi connectivity index (χ2v) is 12.0. The Kier molecular flexibility index (Phi) is 11.2. The lowest BCUT2D eigenvalue weighted by molar-refractivity contribution is -0.107. The van der Waals surface area contributed by atoms with E-state index in [4.69, 9.17) is 0 Å². The molecule has 0 heterocycles. The van der Waals surface area contributed by atoms with Gasteiger partial charge in [-0.1, -0.05) is 50.8 Å². The SMILES string of the molecule is CCCCCCCN(C(=O)NC1=CCC=C(SC(F)(F)F)C=C1)C1Cc2ccc(SC(C)C=O)cc2C1. The molecule has 1 aromatic rings. The molecule has 2 amide bonds. The lowest BCUT2D eigenvalue weighted by Crippen LogP contribution is -2.46. The fourth-order valence-electron chi connectivity index (χ4n) is 4.55. The zero-order chi connectivity index (χ0) is 26.8. The van der Waals surface area contributed by atoms with E-state index in [0.29, 0.717) is 18.7 Å². The van der Waals surface area contributed by atoms with Crippen LogP contribution < -0.4 is 5.32 Å². The summed E-state index contributed by atoms with van der Waals surface area (Å²) in [5.74, 6) is 0. The average molecular weight is 553 g/mol. The number of hydrogen-bond acceptors (Lipinski definition) is 4. The van der Waals surface area contributed by atoms with Crippen molar-refractivity contribution in [3.8, 4) is 0 Å². The third-order valence-electron chi connectivity index (χ3n) is 6.38. The van der Waals surface area contributed by atoms with Gasteiger partial charge in [0.2, 0.25) is 0 Å². The highest BCUT2D eigenvalue weighted by Gasteiger charge is 2.31. The number of thioether (sulfide) groups is 2. The van der Waals surface area contributed by atoms with Crippen molar-refractivity contribution in [3.63, 3.8) is 0 Å². The van der Waals surface area contributed by atoms with E-state index in [1.165, 1.54) is 47.5 Å². The monoisotopic (exact) mass is 552 g/mol. The van der Waals surface area contributed by atoms with Gasteiger partial charge in [0, 0.05) is 28.1 Å². The Morgan fingerprint density at radius 1 is 1.14 bits per heavy atom. The maximum absolute atomic E-state index is 13.4. The van der Waals surface area contributed by atoms with Gasteiger partial charge in [-0.25, -0.2) is 4.79 Å². The Labute approximate surface area is 226 Å².